The molecule has 0 radical (unpaired) electrons. The molecule has 194 valence electrons. The van der Waals surface area contributed by atoms with Crippen molar-refractivity contribution in [1.29, 1.82) is 0 Å². The molecule has 2 unspecified atom stereocenters. The summed E-state index contributed by atoms with van der Waals surface area (Å²) in [6, 6.07) is 5.91. The van der Waals surface area contributed by atoms with E-state index in [1.165, 1.54) is 35.5 Å². The molecule has 0 bridgehead atoms. The van der Waals surface area contributed by atoms with Gasteiger partial charge in [0.2, 0.25) is 11.8 Å². The van der Waals surface area contributed by atoms with Crippen molar-refractivity contribution in [1.82, 2.24) is 9.80 Å². The predicted molar refractivity (Wildman–Crippen MR) is 137 cm³/mol. The van der Waals surface area contributed by atoms with Gasteiger partial charge >= 0.3 is 0 Å². The van der Waals surface area contributed by atoms with E-state index in [1.807, 2.05) is 0 Å². The van der Waals surface area contributed by atoms with Gasteiger partial charge in [-0.15, -0.1) is 0 Å². The van der Waals surface area contributed by atoms with Crippen LogP contribution in [-0.4, -0.2) is 71.7 Å². The lowest BCUT2D eigenvalue weighted by Crippen LogP contribution is -2.43. The highest BCUT2D eigenvalue weighted by atomic mass is 16.2. The van der Waals surface area contributed by atoms with Crippen LogP contribution in [0.2, 0.25) is 0 Å². The molecule has 0 aromatic heterocycles. The van der Waals surface area contributed by atoms with E-state index in [4.69, 9.17) is 0 Å². The van der Waals surface area contributed by atoms with Gasteiger partial charge in [-0.2, -0.15) is 0 Å². The maximum Gasteiger partial charge on any atom is 0.251 e. The molecule has 2 heterocycles. The lowest BCUT2D eigenvalue weighted by atomic mass is 10.1. The number of anilines is 2. The molecule has 8 heteroatoms. The second kappa shape index (κ2) is 10.4. The van der Waals surface area contributed by atoms with Crippen molar-refractivity contribution in [2.75, 3.05) is 36.0 Å². The van der Waals surface area contributed by atoms with Crippen LogP contribution in [0.1, 0.15) is 65.2 Å². The maximum atomic E-state index is 13.3. The van der Waals surface area contributed by atoms with Crippen LogP contribution in [0.5, 0.6) is 0 Å². The van der Waals surface area contributed by atoms with Crippen LogP contribution in [0.15, 0.2) is 24.3 Å². The largest absolute Gasteiger partial charge is 0.291 e. The van der Waals surface area contributed by atoms with Gasteiger partial charge in [-0.25, -0.2) is 9.80 Å². The molecule has 4 aliphatic rings. The Labute approximate surface area is 213 Å². The number of hydrogen-bond acceptors (Lipinski definition) is 6. The molecule has 0 spiro atoms. The van der Waals surface area contributed by atoms with Crippen LogP contribution >= 0.6 is 0 Å². The Morgan fingerprint density at radius 2 is 1.03 bits per heavy atom. The Kier molecular flexibility index (Phi) is 7.26. The Morgan fingerprint density at radius 1 is 0.667 bits per heavy atom. The van der Waals surface area contributed by atoms with Gasteiger partial charge in [-0.1, -0.05) is 13.8 Å². The Bertz CT molecular complexity index is 936. The minimum atomic E-state index is -0.406. The van der Waals surface area contributed by atoms with Gasteiger partial charge in [-0.05, 0) is 87.7 Å². The standard InChI is InChI=1S/C28H38N4O4/c1-3-13-29(17-19-5-6-19)23-15-25(33)31(27(23)35)21-9-11-22(12-10-21)32-26(34)16-24(28(32)36)30(14-4-2)18-20-7-8-20/h9-12,19-20,23-24H,3-8,13-18H2,1-2H3. The topological polar surface area (TPSA) is 81.2 Å². The number of carbonyl (C=O) groups is 4. The van der Waals surface area contributed by atoms with E-state index in [2.05, 4.69) is 23.6 Å². The molecule has 2 saturated carbocycles. The van der Waals surface area contributed by atoms with Crippen LogP contribution < -0.4 is 9.80 Å². The van der Waals surface area contributed by atoms with Crippen molar-refractivity contribution < 1.29 is 19.2 Å². The Balaban J connectivity index is 1.29. The summed E-state index contributed by atoms with van der Waals surface area (Å²) in [6.07, 6.45) is 7.08. The monoisotopic (exact) mass is 494 g/mol. The first-order chi connectivity index (χ1) is 17.4. The third-order valence-electron chi connectivity index (χ3n) is 7.89. The molecular formula is C28H38N4O4. The normalized spacial score (nSPS) is 24.8. The number of nitrogens with zero attached hydrogens (tertiary/aromatic N) is 4. The van der Waals surface area contributed by atoms with Crippen molar-refractivity contribution in [3.05, 3.63) is 24.3 Å². The summed E-state index contributed by atoms with van der Waals surface area (Å²) >= 11 is 0. The second-order valence-electron chi connectivity index (χ2n) is 11.0. The molecule has 8 nitrogen and oxygen atoms in total. The smallest absolute Gasteiger partial charge is 0.251 e. The van der Waals surface area contributed by atoms with Crippen LogP contribution in [-0.2, 0) is 19.2 Å². The number of benzene rings is 1. The van der Waals surface area contributed by atoms with Crippen molar-refractivity contribution in [2.24, 2.45) is 11.8 Å². The fourth-order valence-corrected chi connectivity index (χ4v) is 5.68. The predicted octanol–water partition coefficient (Wildman–Crippen LogP) is 3.19. The summed E-state index contributed by atoms with van der Waals surface area (Å²) < 4.78 is 0. The fourth-order valence-electron chi connectivity index (χ4n) is 5.68. The average Bonchev–Trinajstić information content (AvgIpc) is 3.78. The minimum Gasteiger partial charge on any atom is -0.291 e. The summed E-state index contributed by atoms with van der Waals surface area (Å²) in [5.74, 6) is 0.544. The molecule has 4 fully saturated rings. The lowest BCUT2D eigenvalue weighted by molar-refractivity contribution is -0.124. The molecule has 5 rings (SSSR count). The van der Waals surface area contributed by atoms with Crippen molar-refractivity contribution in [3.63, 3.8) is 0 Å². The minimum absolute atomic E-state index is 0.175. The SMILES string of the molecule is CCCN(CC1CC1)C1CC(=O)N(c2ccc(N3C(=O)CC(N(CCC)CC4CC4)C3=O)cc2)C1=O. The van der Waals surface area contributed by atoms with Gasteiger partial charge in [0.15, 0.2) is 0 Å². The molecule has 1 aromatic rings. The molecule has 2 aliphatic heterocycles. The highest BCUT2D eigenvalue weighted by Gasteiger charge is 2.45. The van der Waals surface area contributed by atoms with Crippen molar-refractivity contribution in [3.8, 4) is 0 Å². The molecular weight excluding hydrogens is 456 g/mol. The van der Waals surface area contributed by atoms with Gasteiger partial charge in [0.1, 0.15) is 0 Å². The van der Waals surface area contributed by atoms with Crippen molar-refractivity contribution in [2.45, 2.75) is 77.3 Å². The van der Waals surface area contributed by atoms with Gasteiger partial charge in [0.25, 0.3) is 11.8 Å². The summed E-state index contributed by atoms with van der Waals surface area (Å²) in [5, 5.41) is 0. The van der Waals surface area contributed by atoms with Gasteiger partial charge in [-0.3, -0.25) is 29.0 Å². The summed E-state index contributed by atoms with van der Waals surface area (Å²) in [7, 11) is 0. The van der Waals surface area contributed by atoms with Gasteiger partial charge in [0.05, 0.1) is 36.3 Å². The zero-order valence-corrected chi connectivity index (χ0v) is 21.5. The van der Waals surface area contributed by atoms with Crippen LogP contribution in [0.4, 0.5) is 11.4 Å². The van der Waals surface area contributed by atoms with E-state index in [-0.39, 0.29) is 36.5 Å². The van der Waals surface area contributed by atoms with Crippen LogP contribution in [0.25, 0.3) is 0 Å². The summed E-state index contributed by atoms with van der Waals surface area (Å²) in [5.41, 5.74) is 0.993. The molecule has 1 aromatic carbocycles. The molecule has 0 N–H and O–H groups in total. The molecule has 2 saturated heterocycles. The molecule has 2 aliphatic carbocycles. The number of rotatable bonds is 12. The van der Waals surface area contributed by atoms with Gasteiger partial charge in [0, 0.05) is 13.1 Å². The Morgan fingerprint density at radius 3 is 1.33 bits per heavy atom. The van der Waals surface area contributed by atoms with Crippen LogP contribution in [0, 0.1) is 11.8 Å². The zero-order valence-electron chi connectivity index (χ0n) is 21.5. The van der Waals surface area contributed by atoms with Crippen molar-refractivity contribution >= 4 is 35.0 Å². The summed E-state index contributed by atoms with van der Waals surface area (Å²) in [4.78, 5) is 59.2. The van der Waals surface area contributed by atoms with Crippen LogP contribution in [0.3, 0.4) is 0 Å². The first-order valence-corrected chi connectivity index (χ1v) is 13.7. The first-order valence-electron chi connectivity index (χ1n) is 13.7. The second-order valence-corrected chi connectivity index (χ2v) is 11.0. The van der Waals surface area contributed by atoms with E-state index in [1.54, 1.807) is 24.3 Å². The highest BCUT2D eigenvalue weighted by molar-refractivity contribution is 6.24. The number of carbonyl (C=O) groups excluding carboxylic acids is 4. The van der Waals surface area contributed by atoms with E-state index < -0.39 is 12.1 Å². The highest BCUT2D eigenvalue weighted by Crippen LogP contribution is 2.35. The quantitative estimate of drug-likeness (QED) is 0.415. The number of hydrogen-bond donors (Lipinski definition) is 0. The average molecular weight is 495 g/mol. The van der Waals surface area contributed by atoms with E-state index in [0.717, 1.165) is 39.0 Å². The number of amides is 4. The fraction of sp³-hybridized carbons (Fsp3) is 0.643. The van der Waals surface area contributed by atoms with E-state index in [9.17, 15) is 19.2 Å². The third-order valence-corrected chi connectivity index (χ3v) is 7.89. The van der Waals surface area contributed by atoms with E-state index in [0.29, 0.717) is 23.2 Å². The molecule has 2 atom stereocenters. The van der Waals surface area contributed by atoms with Gasteiger partial charge < -0.3 is 0 Å². The Hall–Kier alpha value is -2.58. The zero-order chi connectivity index (χ0) is 25.4. The maximum absolute atomic E-state index is 13.3. The molecule has 36 heavy (non-hydrogen) atoms. The first kappa shape index (κ1) is 25.1. The third kappa shape index (κ3) is 5.11. The molecule has 4 amide bonds. The summed E-state index contributed by atoms with van der Waals surface area (Å²) in [6.45, 7) is 7.56. The number of imide groups is 2. The lowest BCUT2D eigenvalue weighted by Gasteiger charge is -2.27. The van der Waals surface area contributed by atoms with E-state index >= 15 is 0 Å².